The summed E-state index contributed by atoms with van der Waals surface area (Å²) in [5.41, 5.74) is 1.67. The van der Waals surface area contributed by atoms with E-state index in [2.05, 4.69) is 21.3 Å². The molecule has 0 radical (unpaired) electrons. The van der Waals surface area contributed by atoms with E-state index >= 15 is 0 Å². The quantitative estimate of drug-likeness (QED) is 0.941. The zero-order chi connectivity index (χ0) is 15.4. The molecule has 1 aliphatic heterocycles. The Morgan fingerprint density at radius 3 is 2.86 bits per heavy atom. The SMILES string of the molecule is O=C(NC1CCN(Cc2cccnc2)C1)c1ccc(F)cc1. The van der Waals surface area contributed by atoms with Crippen LogP contribution in [0, 0.1) is 5.82 Å². The van der Waals surface area contributed by atoms with Crippen molar-refractivity contribution < 1.29 is 9.18 Å². The molecule has 2 heterocycles. The third-order valence-electron chi connectivity index (χ3n) is 3.84. The zero-order valence-electron chi connectivity index (χ0n) is 12.2. The molecule has 1 saturated heterocycles. The molecule has 1 atom stereocenters. The van der Waals surface area contributed by atoms with Gasteiger partial charge in [0.2, 0.25) is 0 Å². The average molecular weight is 299 g/mol. The van der Waals surface area contributed by atoms with Crippen LogP contribution in [0.1, 0.15) is 22.3 Å². The maximum atomic E-state index is 12.9. The lowest BCUT2D eigenvalue weighted by atomic mass is 10.2. The number of pyridine rings is 1. The fraction of sp³-hybridized carbons (Fsp3) is 0.294. The number of rotatable bonds is 4. The summed E-state index contributed by atoms with van der Waals surface area (Å²) in [5.74, 6) is -0.478. The molecule has 0 spiro atoms. The molecule has 1 fully saturated rings. The van der Waals surface area contributed by atoms with Crippen LogP contribution in [0.5, 0.6) is 0 Å². The summed E-state index contributed by atoms with van der Waals surface area (Å²) in [4.78, 5) is 18.5. The first-order chi connectivity index (χ1) is 10.7. The lowest BCUT2D eigenvalue weighted by Gasteiger charge is -2.16. The number of benzene rings is 1. The Balaban J connectivity index is 1.52. The Morgan fingerprint density at radius 2 is 2.14 bits per heavy atom. The fourth-order valence-corrected chi connectivity index (χ4v) is 2.71. The monoisotopic (exact) mass is 299 g/mol. The first kappa shape index (κ1) is 14.7. The molecule has 0 bridgehead atoms. The Morgan fingerprint density at radius 1 is 1.32 bits per heavy atom. The number of hydrogen-bond donors (Lipinski definition) is 1. The van der Waals surface area contributed by atoms with Gasteiger partial charge in [-0.1, -0.05) is 6.07 Å². The molecular weight excluding hydrogens is 281 g/mol. The van der Waals surface area contributed by atoms with Crippen LogP contribution >= 0.6 is 0 Å². The van der Waals surface area contributed by atoms with Crippen molar-refractivity contribution in [3.05, 3.63) is 65.7 Å². The minimum absolute atomic E-state index is 0.134. The smallest absolute Gasteiger partial charge is 0.251 e. The lowest BCUT2D eigenvalue weighted by Crippen LogP contribution is -2.37. The highest BCUT2D eigenvalue weighted by molar-refractivity contribution is 5.94. The molecule has 3 rings (SSSR count). The van der Waals surface area contributed by atoms with Gasteiger partial charge in [0.1, 0.15) is 5.82 Å². The zero-order valence-corrected chi connectivity index (χ0v) is 12.2. The highest BCUT2D eigenvalue weighted by Gasteiger charge is 2.24. The van der Waals surface area contributed by atoms with Crippen molar-refractivity contribution in [2.75, 3.05) is 13.1 Å². The highest BCUT2D eigenvalue weighted by Crippen LogP contribution is 2.13. The minimum Gasteiger partial charge on any atom is -0.348 e. The van der Waals surface area contributed by atoms with E-state index in [0.29, 0.717) is 5.56 Å². The van der Waals surface area contributed by atoms with Gasteiger partial charge in [0.25, 0.3) is 5.91 Å². The molecule has 1 unspecified atom stereocenters. The molecule has 4 nitrogen and oxygen atoms in total. The van der Waals surface area contributed by atoms with Gasteiger partial charge >= 0.3 is 0 Å². The summed E-state index contributed by atoms with van der Waals surface area (Å²) < 4.78 is 12.9. The second kappa shape index (κ2) is 6.66. The van der Waals surface area contributed by atoms with Crippen LogP contribution in [0.2, 0.25) is 0 Å². The number of nitrogens with zero attached hydrogens (tertiary/aromatic N) is 2. The van der Waals surface area contributed by atoms with Crippen LogP contribution in [-0.4, -0.2) is 34.9 Å². The number of carbonyl (C=O) groups is 1. The highest BCUT2D eigenvalue weighted by atomic mass is 19.1. The summed E-state index contributed by atoms with van der Waals surface area (Å²) in [7, 11) is 0. The summed E-state index contributed by atoms with van der Waals surface area (Å²) in [6.07, 6.45) is 4.55. The number of carbonyl (C=O) groups excluding carboxylic acids is 1. The average Bonchev–Trinajstić information content (AvgIpc) is 2.96. The van der Waals surface area contributed by atoms with Crippen molar-refractivity contribution >= 4 is 5.91 Å². The molecule has 114 valence electrons. The van der Waals surface area contributed by atoms with Gasteiger partial charge in [-0.05, 0) is 42.3 Å². The van der Waals surface area contributed by atoms with E-state index in [1.807, 2.05) is 12.3 Å². The summed E-state index contributed by atoms with van der Waals surface area (Å²) >= 11 is 0. The lowest BCUT2D eigenvalue weighted by molar-refractivity contribution is 0.0937. The number of aromatic nitrogens is 1. The van der Waals surface area contributed by atoms with E-state index in [9.17, 15) is 9.18 Å². The van der Waals surface area contributed by atoms with Crippen LogP contribution in [0.25, 0.3) is 0 Å². The summed E-state index contributed by atoms with van der Waals surface area (Å²) in [6, 6.07) is 9.74. The molecule has 1 aliphatic rings. The number of hydrogen-bond acceptors (Lipinski definition) is 3. The molecule has 1 amide bonds. The van der Waals surface area contributed by atoms with Gasteiger partial charge in [0.15, 0.2) is 0 Å². The minimum atomic E-state index is -0.333. The predicted octanol–water partition coefficient (Wildman–Crippen LogP) is 2.22. The van der Waals surface area contributed by atoms with Gasteiger partial charge in [-0.25, -0.2) is 4.39 Å². The third kappa shape index (κ3) is 3.68. The van der Waals surface area contributed by atoms with Crippen molar-refractivity contribution in [3.8, 4) is 0 Å². The van der Waals surface area contributed by atoms with E-state index in [1.54, 1.807) is 6.20 Å². The number of halogens is 1. The molecule has 1 aromatic heterocycles. The molecule has 22 heavy (non-hydrogen) atoms. The van der Waals surface area contributed by atoms with Crippen molar-refractivity contribution in [1.82, 2.24) is 15.2 Å². The van der Waals surface area contributed by atoms with Gasteiger partial charge in [-0.15, -0.1) is 0 Å². The largest absolute Gasteiger partial charge is 0.348 e. The van der Waals surface area contributed by atoms with Gasteiger partial charge in [0, 0.05) is 43.6 Å². The van der Waals surface area contributed by atoms with E-state index in [0.717, 1.165) is 26.1 Å². The standard InChI is InChI=1S/C17H18FN3O/c18-15-5-3-14(4-6-15)17(22)20-16-7-9-21(12-16)11-13-2-1-8-19-10-13/h1-6,8,10,16H,7,9,11-12H2,(H,20,22). The number of nitrogens with one attached hydrogen (secondary N) is 1. The maximum Gasteiger partial charge on any atom is 0.251 e. The van der Waals surface area contributed by atoms with Crippen LogP contribution < -0.4 is 5.32 Å². The first-order valence-corrected chi connectivity index (χ1v) is 7.38. The van der Waals surface area contributed by atoms with Crippen molar-refractivity contribution in [2.24, 2.45) is 0 Å². The molecule has 1 N–H and O–H groups in total. The van der Waals surface area contributed by atoms with Crippen LogP contribution in [-0.2, 0) is 6.54 Å². The van der Waals surface area contributed by atoms with Gasteiger partial charge in [0.05, 0.1) is 0 Å². The van der Waals surface area contributed by atoms with Crippen molar-refractivity contribution in [2.45, 2.75) is 19.0 Å². The van der Waals surface area contributed by atoms with Crippen molar-refractivity contribution in [1.29, 1.82) is 0 Å². The van der Waals surface area contributed by atoms with E-state index in [4.69, 9.17) is 0 Å². The Bertz CT molecular complexity index is 630. The summed E-state index contributed by atoms with van der Waals surface area (Å²) in [5, 5.41) is 3.01. The van der Waals surface area contributed by atoms with Gasteiger partial charge in [-0.2, -0.15) is 0 Å². The maximum absolute atomic E-state index is 12.9. The molecule has 0 aliphatic carbocycles. The first-order valence-electron chi connectivity index (χ1n) is 7.38. The second-order valence-electron chi connectivity index (χ2n) is 5.56. The van der Waals surface area contributed by atoms with E-state index < -0.39 is 0 Å². The van der Waals surface area contributed by atoms with Crippen LogP contribution in [0.3, 0.4) is 0 Å². The predicted molar refractivity (Wildman–Crippen MR) is 81.8 cm³/mol. The van der Waals surface area contributed by atoms with Gasteiger partial charge < -0.3 is 5.32 Å². The topological polar surface area (TPSA) is 45.2 Å². The van der Waals surface area contributed by atoms with Crippen LogP contribution in [0.4, 0.5) is 4.39 Å². The van der Waals surface area contributed by atoms with E-state index in [-0.39, 0.29) is 17.8 Å². The number of likely N-dealkylation sites (tertiary alicyclic amines) is 1. The van der Waals surface area contributed by atoms with Gasteiger partial charge in [-0.3, -0.25) is 14.7 Å². The molecule has 5 heteroatoms. The Kier molecular flexibility index (Phi) is 4.44. The fourth-order valence-electron chi connectivity index (χ4n) is 2.71. The normalized spacial score (nSPS) is 18.3. The Labute approximate surface area is 129 Å². The molecular formula is C17H18FN3O. The van der Waals surface area contributed by atoms with E-state index in [1.165, 1.54) is 29.8 Å². The van der Waals surface area contributed by atoms with Crippen LogP contribution in [0.15, 0.2) is 48.8 Å². The van der Waals surface area contributed by atoms with Crippen molar-refractivity contribution in [3.63, 3.8) is 0 Å². The molecule has 1 aromatic carbocycles. The third-order valence-corrected chi connectivity index (χ3v) is 3.84. The Hall–Kier alpha value is -2.27. The molecule has 2 aromatic rings. The summed E-state index contributed by atoms with van der Waals surface area (Å²) in [6.45, 7) is 2.61. The second-order valence-corrected chi connectivity index (χ2v) is 5.56. The number of amides is 1. The molecule has 0 saturated carbocycles.